The second-order valence-corrected chi connectivity index (χ2v) is 6.07. The van der Waals surface area contributed by atoms with E-state index in [0.29, 0.717) is 5.92 Å². The van der Waals surface area contributed by atoms with Crippen molar-refractivity contribution in [2.24, 2.45) is 5.73 Å². The molecule has 110 valence electrons. The molecular weight excluding hydrogens is 256 g/mol. The van der Waals surface area contributed by atoms with Gasteiger partial charge in [-0.3, -0.25) is 4.79 Å². The third-order valence-corrected chi connectivity index (χ3v) is 3.55. The number of aromatic nitrogens is 2. The number of aliphatic hydroxyl groups is 1. The van der Waals surface area contributed by atoms with E-state index in [9.17, 15) is 9.90 Å². The van der Waals surface area contributed by atoms with Crippen LogP contribution in [0.4, 0.5) is 5.82 Å². The number of carbonyl (C=O) groups excluding carboxylic acids is 1. The molecule has 0 saturated carbocycles. The number of nitrogens with two attached hydrogens (primary N) is 1. The number of anilines is 1. The van der Waals surface area contributed by atoms with Gasteiger partial charge < -0.3 is 15.7 Å². The fourth-order valence-corrected chi connectivity index (χ4v) is 2.09. The smallest absolute Gasteiger partial charge is 0.253 e. The Labute approximate surface area is 119 Å². The van der Waals surface area contributed by atoms with Crippen molar-refractivity contribution in [1.82, 2.24) is 9.97 Å². The van der Waals surface area contributed by atoms with E-state index in [1.54, 1.807) is 0 Å². The highest BCUT2D eigenvalue weighted by Gasteiger charge is 2.47. The Morgan fingerprint density at radius 2 is 1.90 bits per heavy atom. The molecule has 3 N–H and O–H groups in total. The minimum Gasteiger partial charge on any atom is -0.377 e. The van der Waals surface area contributed by atoms with Crippen LogP contribution in [-0.4, -0.2) is 39.7 Å². The molecule has 6 nitrogen and oxygen atoms in total. The molecular formula is C14H22N4O2. The molecule has 20 heavy (non-hydrogen) atoms. The van der Waals surface area contributed by atoms with Crippen LogP contribution < -0.4 is 10.6 Å². The van der Waals surface area contributed by atoms with Crippen LogP contribution in [0.15, 0.2) is 6.07 Å². The molecule has 2 rings (SSSR count). The summed E-state index contributed by atoms with van der Waals surface area (Å²) < 4.78 is 0. The average molecular weight is 278 g/mol. The van der Waals surface area contributed by atoms with E-state index in [1.807, 2.05) is 24.8 Å². The lowest BCUT2D eigenvalue weighted by molar-refractivity contribution is -0.138. The number of hydrogen-bond acceptors (Lipinski definition) is 5. The average Bonchev–Trinajstić information content (AvgIpc) is 2.33. The summed E-state index contributed by atoms with van der Waals surface area (Å²) in [6.45, 7) is 8.61. The van der Waals surface area contributed by atoms with Crippen LogP contribution in [0.25, 0.3) is 0 Å². The van der Waals surface area contributed by atoms with E-state index in [0.717, 1.165) is 17.3 Å². The fourth-order valence-electron chi connectivity index (χ4n) is 2.09. The molecule has 1 saturated heterocycles. The minimum absolute atomic E-state index is 0.189. The lowest BCUT2D eigenvalue weighted by atomic mass is 9.93. The summed E-state index contributed by atoms with van der Waals surface area (Å²) in [7, 11) is 0. The maximum Gasteiger partial charge on any atom is 0.253 e. The number of β-amino-alcohol motifs (C(OH)–C–C–N with tert-alkyl or cyclic N) is 1. The number of hydrogen-bond donors (Lipinski definition) is 2. The molecule has 1 aromatic rings. The van der Waals surface area contributed by atoms with E-state index in [1.165, 1.54) is 0 Å². The monoisotopic (exact) mass is 278 g/mol. The van der Waals surface area contributed by atoms with Crippen LogP contribution in [0.1, 0.15) is 51.0 Å². The molecule has 0 spiro atoms. The predicted molar refractivity (Wildman–Crippen MR) is 76.6 cm³/mol. The summed E-state index contributed by atoms with van der Waals surface area (Å²) in [5.74, 6) is 1.37. The molecule has 1 fully saturated rings. The first-order chi connectivity index (χ1) is 9.23. The fraction of sp³-hybridized carbons (Fsp3) is 0.643. The number of amides is 1. The zero-order chi connectivity index (χ0) is 15.1. The molecule has 0 atom stereocenters. The number of carbonyl (C=O) groups is 1. The van der Waals surface area contributed by atoms with E-state index in [-0.39, 0.29) is 19.0 Å². The summed E-state index contributed by atoms with van der Waals surface area (Å²) in [4.78, 5) is 22.1. The zero-order valence-electron chi connectivity index (χ0n) is 12.4. The van der Waals surface area contributed by atoms with Gasteiger partial charge in [-0.25, -0.2) is 9.97 Å². The van der Waals surface area contributed by atoms with Gasteiger partial charge in [-0.2, -0.15) is 0 Å². The maximum absolute atomic E-state index is 11.1. The third kappa shape index (κ3) is 2.60. The predicted octanol–water partition coefficient (Wildman–Crippen LogP) is 0.760. The van der Waals surface area contributed by atoms with Gasteiger partial charge in [0.2, 0.25) is 0 Å². The van der Waals surface area contributed by atoms with Crippen molar-refractivity contribution in [2.75, 3.05) is 18.0 Å². The first-order valence-corrected chi connectivity index (χ1v) is 6.89. The Kier molecular flexibility index (Phi) is 3.69. The normalized spacial score (nSPS) is 17.4. The zero-order valence-corrected chi connectivity index (χ0v) is 12.4. The second-order valence-electron chi connectivity index (χ2n) is 6.07. The van der Waals surface area contributed by atoms with Crippen LogP contribution in [0, 0.1) is 0 Å². The van der Waals surface area contributed by atoms with E-state index < -0.39 is 11.5 Å². The molecule has 0 aliphatic carbocycles. The van der Waals surface area contributed by atoms with Crippen molar-refractivity contribution >= 4 is 11.7 Å². The Balaban J connectivity index is 2.27. The van der Waals surface area contributed by atoms with Crippen LogP contribution in [0.3, 0.4) is 0 Å². The molecule has 0 bridgehead atoms. The molecule has 0 unspecified atom stereocenters. The molecule has 1 amide bonds. The van der Waals surface area contributed by atoms with Gasteiger partial charge in [-0.1, -0.05) is 27.7 Å². The quantitative estimate of drug-likeness (QED) is 0.848. The lowest BCUT2D eigenvalue weighted by Gasteiger charge is -2.45. The first-order valence-electron chi connectivity index (χ1n) is 6.89. The maximum atomic E-state index is 11.1. The number of rotatable bonds is 4. The van der Waals surface area contributed by atoms with Gasteiger partial charge in [-0.15, -0.1) is 0 Å². The Hall–Kier alpha value is -1.69. The van der Waals surface area contributed by atoms with Crippen LogP contribution in [0.2, 0.25) is 0 Å². The Bertz CT molecular complexity index is 496. The highest BCUT2D eigenvalue weighted by atomic mass is 16.3. The van der Waals surface area contributed by atoms with Gasteiger partial charge in [0, 0.05) is 17.7 Å². The van der Waals surface area contributed by atoms with Gasteiger partial charge in [0.15, 0.2) is 5.60 Å². The third-order valence-electron chi connectivity index (χ3n) is 3.55. The van der Waals surface area contributed by atoms with Gasteiger partial charge >= 0.3 is 0 Å². The summed E-state index contributed by atoms with van der Waals surface area (Å²) in [6.07, 6.45) is 0. The topological polar surface area (TPSA) is 92.3 Å². The molecule has 1 aromatic heterocycles. The number of primary amides is 1. The standard InChI is InChI=1S/C14H22N4O2/c1-8(2)10-5-11(17-12(16-10)9(3)4)18-6-14(20,7-18)13(15)19/h5,8-9,20H,6-7H2,1-4H3,(H2,15,19). The van der Waals surface area contributed by atoms with Crippen LogP contribution in [0.5, 0.6) is 0 Å². The summed E-state index contributed by atoms with van der Waals surface area (Å²) in [6, 6.07) is 1.91. The van der Waals surface area contributed by atoms with Crippen LogP contribution in [-0.2, 0) is 4.79 Å². The minimum atomic E-state index is -1.43. The summed E-state index contributed by atoms with van der Waals surface area (Å²) >= 11 is 0. The second kappa shape index (κ2) is 5.01. The van der Waals surface area contributed by atoms with Crippen LogP contribution >= 0.6 is 0 Å². The summed E-state index contributed by atoms with van der Waals surface area (Å²) in [5, 5.41) is 9.92. The number of nitrogens with zero attached hydrogens (tertiary/aromatic N) is 3. The molecule has 6 heteroatoms. The molecule has 1 aliphatic heterocycles. The van der Waals surface area contributed by atoms with Gasteiger partial charge in [0.1, 0.15) is 11.6 Å². The highest BCUT2D eigenvalue weighted by molar-refractivity contribution is 5.87. The highest BCUT2D eigenvalue weighted by Crippen LogP contribution is 2.29. The molecule has 0 radical (unpaired) electrons. The van der Waals surface area contributed by atoms with E-state index in [2.05, 4.69) is 23.8 Å². The summed E-state index contributed by atoms with van der Waals surface area (Å²) in [5.41, 5.74) is 4.72. The van der Waals surface area contributed by atoms with Gasteiger partial charge in [-0.05, 0) is 5.92 Å². The molecule has 0 aromatic carbocycles. The van der Waals surface area contributed by atoms with Crippen molar-refractivity contribution in [3.05, 3.63) is 17.6 Å². The Morgan fingerprint density at radius 1 is 1.30 bits per heavy atom. The van der Waals surface area contributed by atoms with Crippen molar-refractivity contribution in [2.45, 2.75) is 45.1 Å². The van der Waals surface area contributed by atoms with Crippen molar-refractivity contribution in [3.63, 3.8) is 0 Å². The van der Waals surface area contributed by atoms with E-state index in [4.69, 9.17) is 5.73 Å². The van der Waals surface area contributed by atoms with Crippen molar-refractivity contribution < 1.29 is 9.90 Å². The van der Waals surface area contributed by atoms with Crippen molar-refractivity contribution in [3.8, 4) is 0 Å². The van der Waals surface area contributed by atoms with Crippen molar-refractivity contribution in [1.29, 1.82) is 0 Å². The SMILES string of the molecule is CC(C)c1cc(N2CC(O)(C(N)=O)C2)nc(C(C)C)n1. The lowest BCUT2D eigenvalue weighted by Crippen LogP contribution is -2.68. The first kappa shape index (κ1) is 14.7. The van der Waals surface area contributed by atoms with Gasteiger partial charge in [0.25, 0.3) is 5.91 Å². The Morgan fingerprint density at radius 3 is 2.35 bits per heavy atom. The largest absolute Gasteiger partial charge is 0.377 e. The van der Waals surface area contributed by atoms with E-state index >= 15 is 0 Å². The molecule has 1 aliphatic rings. The van der Waals surface area contributed by atoms with Gasteiger partial charge in [0.05, 0.1) is 13.1 Å². The molecule has 2 heterocycles.